The Kier molecular flexibility index (Phi) is 12.3. The van der Waals surface area contributed by atoms with Gasteiger partial charge in [0.25, 0.3) is 5.91 Å². The lowest BCUT2D eigenvalue weighted by atomic mass is 9.33. The van der Waals surface area contributed by atoms with Gasteiger partial charge in [-0.2, -0.15) is 0 Å². The minimum Gasteiger partial charge on any atom is -0.481 e. The molecular formula is C51H74ClN3O8. The lowest BCUT2D eigenvalue weighted by molar-refractivity contribution is -0.238. The van der Waals surface area contributed by atoms with Crippen LogP contribution in [-0.4, -0.2) is 70.6 Å². The molecule has 0 radical (unpaired) electrons. The van der Waals surface area contributed by atoms with Crippen LogP contribution >= 0.6 is 11.6 Å². The molecule has 2 amide bonds. The molecule has 0 saturated heterocycles. The van der Waals surface area contributed by atoms with E-state index in [1.807, 2.05) is 13.8 Å². The molecule has 5 fully saturated rings. The molecule has 0 bridgehead atoms. The molecule has 6 N–H and O–H groups in total. The number of nitrogens with one attached hydrogen (secondary N) is 2. The van der Waals surface area contributed by atoms with Gasteiger partial charge in [0.15, 0.2) is 5.78 Å². The van der Waals surface area contributed by atoms with Crippen molar-refractivity contribution in [3.05, 3.63) is 46.0 Å². The fourth-order valence-corrected chi connectivity index (χ4v) is 15.4. The maximum Gasteiger partial charge on any atom is 0.309 e. The third kappa shape index (κ3) is 7.31. The third-order valence-electron chi connectivity index (χ3n) is 19.3. The summed E-state index contributed by atoms with van der Waals surface area (Å²) in [6.45, 7) is 21.6. The zero-order chi connectivity index (χ0) is 46.5. The molecular weight excluding hydrogens is 818 g/mol. The van der Waals surface area contributed by atoms with Crippen molar-refractivity contribution >= 4 is 41.1 Å². The average Bonchev–Trinajstić information content (AvgIpc) is 3.51. The number of aliphatic carboxylic acids is 1. The van der Waals surface area contributed by atoms with E-state index in [4.69, 9.17) is 22.1 Å². The van der Waals surface area contributed by atoms with Gasteiger partial charge in [-0.1, -0.05) is 79.5 Å². The summed E-state index contributed by atoms with van der Waals surface area (Å²) < 4.78 is 6.42. The highest BCUT2D eigenvalue weighted by Gasteiger charge is 2.71. The Bertz CT molecular complexity index is 2070. The number of carbonyl (C=O) groups excluding carboxylic acids is 4. The lowest BCUT2D eigenvalue weighted by Crippen LogP contribution is -2.66. The summed E-state index contributed by atoms with van der Waals surface area (Å²) in [5.74, 6) is -2.06. The molecule has 0 aliphatic heterocycles. The maximum atomic E-state index is 14.3. The van der Waals surface area contributed by atoms with Gasteiger partial charge in [0.1, 0.15) is 11.6 Å². The van der Waals surface area contributed by atoms with E-state index < -0.39 is 52.1 Å². The summed E-state index contributed by atoms with van der Waals surface area (Å²) in [5, 5.41) is 28.5. The molecule has 6 aliphatic rings. The summed E-state index contributed by atoms with van der Waals surface area (Å²) in [7, 11) is 0. The van der Waals surface area contributed by atoms with Crippen molar-refractivity contribution in [1.82, 2.24) is 10.6 Å². The summed E-state index contributed by atoms with van der Waals surface area (Å²) in [6, 6.07) is 6.42. The van der Waals surface area contributed by atoms with Gasteiger partial charge in [-0.05, 0) is 153 Å². The molecule has 7 rings (SSSR count). The van der Waals surface area contributed by atoms with E-state index in [2.05, 4.69) is 59.1 Å². The van der Waals surface area contributed by atoms with E-state index in [9.17, 15) is 34.2 Å². The van der Waals surface area contributed by atoms with Crippen molar-refractivity contribution in [1.29, 1.82) is 0 Å². The number of ketones is 1. The van der Waals surface area contributed by atoms with Crippen LogP contribution in [-0.2, 0) is 23.9 Å². The first-order chi connectivity index (χ1) is 29.2. The van der Waals surface area contributed by atoms with Crippen molar-refractivity contribution in [3.8, 4) is 0 Å². The molecule has 12 heteroatoms. The van der Waals surface area contributed by atoms with E-state index in [0.29, 0.717) is 35.3 Å². The van der Waals surface area contributed by atoms with Crippen molar-refractivity contribution in [2.45, 2.75) is 158 Å². The standard InChI is InChI=1S/C51H74ClN3O8/c1-28(2)39-34(56)26-51(37(57)27-54-44(62)50(10,23-24-53)55-41(58)29-11-13-30(52)14-12-29)22-21-48(8)31(40(39)51)15-16-36-47(7)19-18-38(46(5,6)35(47)17-20-49(36,48)9)63-43(61)33-25-32(42(59)60)45(33,3)4/h11-14,28,31-33,35-38,57H,15-27,53H2,1-10H3,(H,54,62)(H,55,58)(H,59,60)/t31-,32+,33-,35+,36-,37+,38+,47+,48-,49-,50?,51+/m1/s1. The molecule has 1 aromatic carbocycles. The van der Waals surface area contributed by atoms with Gasteiger partial charge in [0.05, 0.1) is 17.9 Å². The summed E-state index contributed by atoms with van der Waals surface area (Å²) >= 11 is 6.04. The molecule has 0 spiro atoms. The number of nitrogens with two attached hydrogens (primary N) is 1. The molecule has 0 aromatic heterocycles. The summed E-state index contributed by atoms with van der Waals surface area (Å²) in [5.41, 5.74) is 5.01. The Morgan fingerprint density at radius 3 is 2.16 bits per heavy atom. The minimum absolute atomic E-state index is 0.00419. The van der Waals surface area contributed by atoms with Gasteiger partial charge >= 0.3 is 11.9 Å². The predicted octanol–water partition coefficient (Wildman–Crippen LogP) is 8.29. The zero-order valence-corrected chi connectivity index (χ0v) is 40.2. The van der Waals surface area contributed by atoms with Crippen molar-refractivity contribution < 1.29 is 38.9 Å². The zero-order valence-electron chi connectivity index (χ0n) is 39.4. The predicted molar refractivity (Wildman–Crippen MR) is 242 cm³/mol. The number of ether oxygens (including phenoxy) is 1. The second kappa shape index (κ2) is 16.3. The number of aliphatic hydroxyl groups excluding tert-OH is 1. The molecule has 348 valence electrons. The number of halogens is 1. The highest BCUT2D eigenvalue weighted by molar-refractivity contribution is 6.30. The minimum atomic E-state index is -1.35. The first-order valence-corrected chi connectivity index (χ1v) is 24.1. The Hall–Kier alpha value is -3.28. The second-order valence-corrected chi connectivity index (χ2v) is 23.6. The maximum absolute atomic E-state index is 14.3. The quantitative estimate of drug-likeness (QED) is 0.129. The van der Waals surface area contributed by atoms with E-state index in [1.54, 1.807) is 31.2 Å². The van der Waals surface area contributed by atoms with Crippen LogP contribution in [0.15, 0.2) is 35.4 Å². The Morgan fingerprint density at radius 1 is 0.889 bits per heavy atom. The van der Waals surface area contributed by atoms with E-state index in [-0.39, 0.29) is 77.3 Å². The van der Waals surface area contributed by atoms with Gasteiger partial charge in [-0.25, -0.2) is 0 Å². The molecule has 11 nitrogen and oxygen atoms in total. The summed E-state index contributed by atoms with van der Waals surface area (Å²) in [4.78, 5) is 67.0. The number of carboxylic acids is 1. The van der Waals surface area contributed by atoms with Gasteiger partial charge in [0, 0.05) is 34.4 Å². The van der Waals surface area contributed by atoms with Crippen LogP contribution < -0.4 is 16.4 Å². The van der Waals surface area contributed by atoms with Crippen molar-refractivity contribution in [2.24, 2.45) is 73.7 Å². The molecule has 6 aliphatic carbocycles. The lowest BCUT2D eigenvalue weighted by Gasteiger charge is -2.72. The Balaban J connectivity index is 1.11. The number of amides is 2. The van der Waals surface area contributed by atoms with Crippen LogP contribution in [0, 0.1) is 68.0 Å². The number of rotatable bonds is 12. The highest BCUT2D eigenvalue weighted by atomic mass is 35.5. The monoisotopic (exact) mass is 892 g/mol. The third-order valence-corrected chi connectivity index (χ3v) is 19.5. The number of fused-ring (bicyclic) bond motifs is 7. The number of allylic oxidation sites excluding steroid dienone is 1. The van der Waals surface area contributed by atoms with Gasteiger partial charge in [-0.15, -0.1) is 0 Å². The SMILES string of the molecule is CC(C)C1=C2[C@H]3CC[C@@H]4[C@@]5(C)CC[C@H](OC(=O)[C@H]6C[C@@H](C(=O)O)C6(C)C)C(C)(C)[C@@H]5CC[C@@]4(C)[C@]3(C)CC[C@@]2([C@@H](O)CNC(=O)C(C)(CCN)NC(=O)c2ccc(Cl)cc2)CC1=O. The highest BCUT2D eigenvalue weighted by Crippen LogP contribution is 2.77. The first-order valence-electron chi connectivity index (χ1n) is 23.7. The molecule has 1 unspecified atom stereocenters. The smallest absolute Gasteiger partial charge is 0.309 e. The van der Waals surface area contributed by atoms with Crippen LogP contribution in [0.5, 0.6) is 0 Å². The summed E-state index contributed by atoms with van der Waals surface area (Å²) in [6.07, 6.45) is 6.54. The van der Waals surface area contributed by atoms with Crippen LogP contribution in [0.2, 0.25) is 5.02 Å². The van der Waals surface area contributed by atoms with Gasteiger partial charge in [-0.3, -0.25) is 24.0 Å². The average molecular weight is 893 g/mol. The largest absolute Gasteiger partial charge is 0.481 e. The van der Waals surface area contributed by atoms with Crippen LogP contribution in [0.4, 0.5) is 0 Å². The molecule has 63 heavy (non-hydrogen) atoms. The molecule has 12 atom stereocenters. The topological polar surface area (TPSA) is 185 Å². The van der Waals surface area contributed by atoms with E-state index >= 15 is 0 Å². The fraction of sp³-hybridized carbons (Fsp3) is 0.745. The molecule has 1 aromatic rings. The number of Topliss-reactive ketones (excluding diaryl/α,β-unsaturated/α-hetero) is 1. The first kappa shape index (κ1) is 47.7. The number of hydrogen-bond donors (Lipinski definition) is 5. The fourth-order valence-electron chi connectivity index (χ4n) is 15.3. The normalized spacial score (nSPS) is 37.8. The number of esters is 1. The number of benzene rings is 1. The number of carboxylic acid groups (broad SMARTS) is 1. The van der Waals surface area contributed by atoms with Crippen LogP contribution in [0.25, 0.3) is 0 Å². The van der Waals surface area contributed by atoms with E-state index in [0.717, 1.165) is 56.1 Å². The molecule has 0 heterocycles. The van der Waals surface area contributed by atoms with Crippen molar-refractivity contribution in [3.63, 3.8) is 0 Å². The Morgan fingerprint density at radius 2 is 1.56 bits per heavy atom. The van der Waals surface area contributed by atoms with Gasteiger partial charge < -0.3 is 31.3 Å². The van der Waals surface area contributed by atoms with Crippen LogP contribution in [0.3, 0.4) is 0 Å². The molecule has 5 saturated carbocycles. The Labute approximate surface area is 379 Å². The number of hydrogen-bond acceptors (Lipinski definition) is 8. The second-order valence-electron chi connectivity index (χ2n) is 23.2. The van der Waals surface area contributed by atoms with Gasteiger partial charge in [0.2, 0.25) is 5.91 Å². The number of carbonyl (C=O) groups is 5. The van der Waals surface area contributed by atoms with E-state index in [1.165, 1.54) is 0 Å². The number of aliphatic hydroxyl groups is 1. The van der Waals surface area contributed by atoms with Crippen LogP contribution in [0.1, 0.15) is 150 Å². The van der Waals surface area contributed by atoms with Crippen molar-refractivity contribution in [2.75, 3.05) is 13.1 Å².